The highest BCUT2D eigenvalue weighted by molar-refractivity contribution is 6.30. The van der Waals surface area contributed by atoms with Crippen molar-refractivity contribution in [2.24, 2.45) is 4.99 Å². The molecule has 2 heterocycles. The first-order chi connectivity index (χ1) is 10.7. The lowest BCUT2D eigenvalue weighted by molar-refractivity contribution is -0.125. The average molecular weight is 316 g/mol. The van der Waals surface area contributed by atoms with Crippen LogP contribution in [0.3, 0.4) is 0 Å². The molecule has 0 saturated heterocycles. The smallest absolute Gasteiger partial charge is 0.258 e. The lowest BCUT2D eigenvalue weighted by Crippen LogP contribution is -2.50. The third kappa shape index (κ3) is 2.22. The van der Waals surface area contributed by atoms with Gasteiger partial charge in [0, 0.05) is 22.8 Å². The van der Waals surface area contributed by atoms with Crippen LogP contribution < -0.4 is 0 Å². The van der Waals surface area contributed by atoms with E-state index < -0.39 is 0 Å². The second-order valence-electron chi connectivity index (χ2n) is 5.98. The Morgan fingerprint density at radius 2 is 1.91 bits per heavy atom. The molecular formula is C17H18ClN3O. The van der Waals surface area contributed by atoms with E-state index in [1.54, 1.807) is 0 Å². The molecular weight excluding hydrogens is 298 g/mol. The minimum atomic E-state index is 0.140. The summed E-state index contributed by atoms with van der Waals surface area (Å²) in [6, 6.07) is 7.68. The molecule has 0 bridgehead atoms. The summed E-state index contributed by atoms with van der Waals surface area (Å²) in [6.07, 6.45) is 4.19. The number of hydrogen-bond acceptors (Lipinski definition) is 3. The Morgan fingerprint density at radius 3 is 2.73 bits per heavy atom. The third-order valence-electron chi connectivity index (χ3n) is 4.58. The molecule has 0 saturated carbocycles. The van der Waals surface area contributed by atoms with Crippen molar-refractivity contribution in [2.45, 2.75) is 32.2 Å². The average Bonchev–Trinajstić information content (AvgIpc) is 3.03. The van der Waals surface area contributed by atoms with Crippen LogP contribution in [0.1, 0.15) is 31.2 Å². The Labute approximate surface area is 135 Å². The Bertz CT molecular complexity index is 678. The number of benzene rings is 1. The van der Waals surface area contributed by atoms with E-state index in [2.05, 4.69) is 9.89 Å². The van der Waals surface area contributed by atoms with Crippen molar-refractivity contribution < 1.29 is 4.79 Å². The predicted octanol–water partition coefficient (Wildman–Crippen LogP) is 3.18. The molecule has 2 aliphatic heterocycles. The lowest BCUT2D eigenvalue weighted by atomic mass is 9.92. The van der Waals surface area contributed by atoms with Gasteiger partial charge in [0.1, 0.15) is 0 Å². The second-order valence-corrected chi connectivity index (χ2v) is 6.42. The van der Waals surface area contributed by atoms with E-state index in [-0.39, 0.29) is 5.91 Å². The number of halogens is 1. The van der Waals surface area contributed by atoms with Crippen LogP contribution in [-0.4, -0.2) is 34.8 Å². The molecule has 0 fully saturated rings. The topological polar surface area (TPSA) is 35.9 Å². The molecule has 1 aromatic carbocycles. The van der Waals surface area contributed by atoms with Gasteiger partial charge in [-0.05, 0) is 43.4 Å². The van der Waals surface area contributed by atoms with Gasteiger partial charge in [0.25, 0.3) is 5.91 Å². The molecule has 0 aromatic heterocycles. The van der Waals surface area contributed by atoms with Gasteiger partial charge in [-0.15, -0.1) is 0 Å². The third-order valence-corrected chi connectivity index (χ3v) is 4.83. The van der Waals surface area contributed by atoms with Crippen LogP contribution in [0.25, 0.3) is 0 Å². The Hall–Kier alpha value is -1.81. The molecule has 22 heavy (non-hydrogen) atoms. The quantitative estimate of drug-likeness (QED) is 0.840. The van der Waals surface area contributed by atoms with E-state index in [1.165, 1.54) is 12.1 Å². The molecule has 1 aromatic rings. The summed E-state index contributed by atoms with van der Waals surface area (Å²) in [6.45, 7) is 2.23. The van der Waals surface area contributed by atoms with Gasteiger partial charge in [-0.3, -0.25) is 14.7 Å². The number of hydrogen-bond donors (Lipinski definition) is 0. The van der Waals surface area contributed by atoms with E-state index in [0.29, 0.717) is 11.6 Å². The van der Waals surface area contributed by atoms with E-state index in [1.807, 2.05) is 29.2 Å². The van der Waals surface area contributed by atoms with Crippen LogP contribution in [0.15, 0.2) is 40.5 Å². The first-order valence-corrected chi connectivity index (χ1v) is 8.22. The first-order valence-electron chi connectivity index (χ1n) is 7.84. The van der Waals surface area contributed by atoms with Gasteiger partial charge >= 0.3 is 0 Å². The van der Waals surface area contributed by atoms with Gasteiger partial charge in [0.2, 0.25) is 5.96 Å². The van der Waals surface area contributed by atoms with Crippen molar-refractivity contribution in [3.05, 3.63) is 46.1 Å². The van der Waals surface area contributed by atoms with Gasteiger partial charge in [-0.1, -0.05) is 23.7 Å². The largest absolute Gasteiger partial charge is 0.314 e. The SMILES string of the molecule is O=C1C2=C(CCCC2)N2CCN=C2N1Cc1ccc(Cl)cc1. The number of amides is 1. The molecule has 3 aliphatic rings. The molecule has 4 rings (SSSR count). The highest BCUT2D eigenvalue weighted by Gasteiger charge is 2.39. The van der Waals surface area contributed by atoms with E-state index >= 15 is 0 Å². The molecule has 1 amide bonds. The van der Waals surface area contributed by atoms with Crippen molar-refractivity contribution in [1.82, 2.24) is 9.80 Å². The number of carbonyl (C=O) groups is 1. The van der Waals surface area contributed by atoms with Crippen molar-refractivity contribution in [3.8, 4) is 0 Å². The van der Waals surface area contributed by atoms with Crippen molar-refractivity contribution in [3.63, 3.8) is 0 Å². The maximum atomic E-state index is 12.9. The predicted molar refractivity (Wildman–Crippen MR) is 86.5 cm³/mol. The molecule has 0 N–H and O–H groups in total. The number of nitrogens with zero attached hydrogens (tertiary/aromatic N) is 3. The summed E-state index contributed by atoms with van der Waals surface area (Å²) >= 11 is 5.94. The van der Waals surface area contributed by atoms with Crippen LogP contribution >= 0.6 is 11.6 Å². The second kappa shape index (κ2) is 5.43. The fraction of sp³-hybridized carbons (Fsp3) is 0.412. The standard InChI is InChI=1S/C17H18ClN3O/c18-13-7-5-12(6-8-13)11-21-16(22)14-3-1-2-4-15(14)20-10-9-19-17(20)21/h5-8H,1-4,9-11H2. The van der Waals surface area contributed by atoms with Crippen LogP contribution in [-0.2, 0) is 11.3 Å². The number of allylic oxidation sites excluding steroid dienone is 1. The molecule has 0 unspecified atom stereocenters. The zero-order valence-electron chi connectivity index (χ0n) is 12.4. The minimum Gasteiger partial charge on any atom is -0.314 e. The number of rotatable bonds is 2. The zero-order chi connectivity index (χ0) is 15.1. The maximum absolute atomic E-state index is 12.9. The summed E-state index contributed by atoms with van der Waals surface area (Å²) in [5.74, 6) is 0.974. The number of fused-ring (bicyclic) bond motifs is 2. The molecule has 0 radical (unpaired) electrons. The van der Waals surface area contributed by atoms with Crippen LogP contribution in [0.2, 0.25) is 5.02 Å². The zero-order valence-corrected chi connectivity index (χ0v) is 13.1. The van der Waals surface area contributed by atoms with Crippen LogP contribution in [0.5, 0.6) is 0 Å². The fourth-order valence-electron chi connectivity index (χ4n) is 3.51. The maximum Gasteiger partial charge on any atom is 0.258 e. The van der Waals surface area contributed by atoms with Crippen molar-refractivity contribution in [2.75, 3.05) is 13.1 Å². The van der Waals surface area contributed by atoms with E-state index in [9.17, 15) is 4.79 Å². The van der Waals surface area contributed by atoms with E-state index in [0.717, 1.165) is 49.4 Å². The molecule has 0 atom stereocenters. The monoisotopic (exact) mass is 315 g/mol. The van der Waals surface area contributed by atoms with Gasteiger partial charge in [0.05, 0.1) is 13.1 Å². The van der Waals surface area contributed by atoms with Crippen molar-refractivity contribution in [1.29, 1.82) is 0 Å². The summed E-state index contributed by atoms with van der Waals surface area (Å²) in [5.41, 5.74) is 3.30. The number of guanidine groups is 1. The summed E-state index contributed by atoms with van der Waals surface area (Å²) in [5, 5.41) is 0.714. The van der Waals surface area contributed by atoms with E-state index in [4.69, 9.17) is 11.6 Å². The minimum absolute atomic E-state index is 0.140. The Kier molecular flexibility index (Phi) is 3.41. The lowest BCUT2D eigenvalue weighted by Gasteiger charge is -2.39. The normalized spacial score (nSPS) is 21.0. The molecule has 0 spiro atoms. The van der Waals surface area contributed by atoms with Gasteiger partial charge in [0.15, 0.2) is 0 Å². The van der Waals surface area contributed by atoms with Gasteiger partial charge in [-0.2, -0.15) is 0 Å². The summed E-state index contributed by atoms with van der Waals surface area (Å²) in [7, 11) is 0. The van der Waals surface area contributed by atoms with Crippen LogP contribution in [0, 0.1) is 0 Å². The Morgan fingerprint density at radius 1 is 1.14 bits per heavy atom. The molecule has 114 valence electrons. The molecule has 5 heteroatoms. The Balaban J connectivity index is 1.68. The van der Waals surface area contributed by atoms with Gasteiger partial charge in [-0.25, -0.2) is 0 Å². The van der Waals surface area contributed by atoms with Crippen molar-refractivity contribution >= 4 is 23.5 Å². The van der Waals surface area contributed by atoms with Gasteiger partial charge < -0.3 is 4.90 Å². The number of carbonyl (C=O) groups excluding carboxylic acids is 1. The molecule has 4 nitrogen and oxygen atoms in total. The summed E-state index contributed by atoms with van der Waals surface area (Å²) < 4.78 is 0. The highest BCUT2D eigenvalue weighted by Crippen LogP contribution is 2.35. The van der Waals surface area contributed by atoms with Crippen LogP contribution in [0.4, 0.5) is 0 Å². The first kappa shape index (κ1) is 13.8. The summed E-state index contributed by atoms with van der Waals surface area (Å²) in [4.78, 5) is 21.6. The molecule has 1 aliphatic carbocycles. The number of aliphatic imine (C=N–C) groups is 1. The fourth-order valence-corrected chi connectivity index (χ4v) is 3.63. The highest BCUT2D eigenvalue weighted by atomic mass is 35.5.